The third-order valence-electron chi connectivity index (χ3n) is 1.78. The lowest BCUT2D eigenvalue weighted by Gasteiger charge is -2.03. The first-order chi connectivity index (χ1) is 7.50. The second-order valence-corrected chi connectivity index (χ2v) is 4.15. The molecule has 3 N–H and O–H groups in total. The van der Waals surface area contributed by atoms with Gasteiger partial charge in [0.15, 0.2) is 0 Å². The summed E-state index contributed by atoms with van der Waals surface area (Å²) >= 11 is 1.07. The first-order valence-electron chi connectivity index (χ1n) is 4.44. The van der Waals surface area contributed by atoms with Crippen LogP contribution in [0.1, 0.15) is 16.8 Å². The standard InChI is InChI=1S/C10H10FNO3S/c11-7-2-1-6(10(14)15)5-8(7)16-4-3-9(12)13/h1-2,5H,3-4H2,(H2,12,13)(H,14,15). The highest BCUT2D eigenvalue weighted by Crippen LogP contribution is 2.23. The highest BCUT2D eigenvalue weighted by atomic mass is 32.2. The number of primary amides is 1. The van der Waals surface area contributed by atoms with Crippen molar-refractivity contribution in [3.63, 3.8) is 0 Å². The van der Waals surface area contributed by atoms with Gasteiger partial charge in [0.1, 0.15) is 5.82 Å². The summed E-state index contributed by atoms with van der Waals surface area (Å²) in [7, 11) is 0. The van der Waals surface area contributed by atoms with Gasteiger partial charge in [-0.05, 0) is 18.2 Å². The first kappa shape index (κ1) is 12.5. The molecule has 0 aromatic heterocycles. The number of hydrogen-bond donors (Lipinski definition) is 2. The number of amides is 1. The van der Waals surface area contributed by atoms with Crippen molar-refractivity contribution in [3.05, 3.63) is 29.6 Å². The van der Waals surface area contributed by atoms with Crippen molar-refractivity contribution in [1.82, 2.24) is 0 Å². The number of benzene rings is 1. The van der Waals surface area contributed by atoms with Crippen molar-refractivity contribution in [3.8, 4) is 0 Å². The largest absolute Gasteiger partial charge is 0.478 e. The highest BCUT2D eigenvalue weighted by molar-refractivity contribution is 7.99. The van der Waals surface area contributed by atoms with Crippen molar-refractivity contribution >= 4 is 23.6 Å². The fraction of sp³-hybridized carbons (Fsp3) is 0.200. The predicted octanol–water partition coefficient (Wildman–Crippen LogP) is 1.49. The van der Waals surface area contributed by atoms with Gasteiger partial charge < -0.3 is 10.8 Å². The van der Waals surface area contributed by atoms with Crippen molar-refractivity contribution in [1.29, 1.82) is 0 Å². The van der Waals surface area contributed by atoms with E-state index in [1.807, 2.05) is 0 Å². The Morgan fingerprint density at radius 2 is 2.12 bits per heavy atom. The van der Waals surface area contributed by atoms with E-state index in [-0.39, 0.29) is 16.9 Å². The summed E-state index contributed by atoms with van der Waals surface area (Å²) < 4.78 is 13.2. The van der Waals surface area contributed by atoms with Gasteiger partial charge in [0.25, 0.3) is 0 Å². The normalized spacial score (nSPS) is 10.1. The minimum Gasteiger partial charge on any atom is -0.478 e. The molecule has 0 atom stereocenters. The third-order valence-corrected chi connectivity index (χ3v) is 2.82. The van der Waals surface area contributed by atoms with Gasteiger partial charge >= 0.3 is 5.97 Å². The summed E-state index contributed by atoms with van der Waals surface area (Å²) in [6, 6.07) is 3.52. The first-order valence-corrected chi connectivity index (χ1v) is 5.43. The van der Waals surface area contributed by atoms with E-state index < -0.39 is 17.7 Å². The molecule has 1 amide bonds. The molecule has 0 spiro atoms. The molecule has 1 aromatic rings. The van der Waals surface area contributed by atoms with E-state index in [9.17, 15) is 14.0 Å². The molecule has 0 aliphatic rings. The highest BCUT2D eigenvalue weighted by Gasteiger charge is 2.09. The Labute approximate surface area is 95.6 Å². The van der Waals surface area contributed by atoms with Crippen LogP contribution in [0.5, 0.6) is 0 Å². The zero-order valence-electron chi connectivity index (χ0n) is 8.27. The Bertz CT molecular complexity index is 423. The summed E-state index contributed by atoms with van der Waals surface area (Å²) in [5.74, 6) is -1.76. The monoisotopic (exact) mass is 243 g/mol. The van der Waals surface area contributed by atoms with Crippen LogP contribution in [0.2, 0.25) is 0 Å². The number of carboxylic acid groups (broad SMARTS) is 1. The number of rotatable bonds is 5. The fourth-order valence-electron chi connectivity index (χ4n) is 1.01. The number of halogens is 1. The molecule has 86 valence electrons. The summed E-state index contributed by atoms with van der Waals surface area (Å²) in [6.45, 7) is 0. The number of carbonyl (C=O) groups excluding carboxylic acids is 1. The molecule has 0 bridgehead atoms. The maximum absolute atomic E-state index is 13.2. The second-order valence-electron chi connectivity index (χ2n) is 3.02. The fourth-order valence-corrected chi connectivity index (χ4v) is 1.95. The SMILES string of the molecule is NC(=O)CCSc1cc(C(=O)O)ccc1F. The number of thioether (sulfide) groups is 1. The van der Waals surface area contributed by atoms with Gasteiger partial charge in [0.05, 0.1) is 5.56 Å². The van der Waals surface area contributed by atoms with Gasteiger partial charge in [0.2, 0.25) is 5.91 Å². The molecule has 0 heterocycles. The molecule has 1 rings (SSSR count). The molecule has 0 saturated heterocycles. The topological polar surface area (TPSA) is 80.4 Å². The molecule has 1 aromatic carbocycles. The Morgan fingerprint density at radius 1 is 1.44 bits per heavy atom. The van der Waals surface area contributed by atoms with Crippen molar-refractivity contribution in [2.75, 3.05) is 5.75 Å². The summed E-state index contributed by atoms with van der Waals surface area (Å²) in [5.41, 5.74) is 4.95. The number of nitrogens with two attached hydrogens (primary N) is 1. The van der Waals surface area contributed by atoms with Gasteiger partial charge in [-0.15, -0.1) is 11.8 Å². The van der Waals surface area contributed by atoms with Crippen LogP contribution < -0.4 is 5.73 Å². The van der Waals surface area contributed by atoms with Crippen LogP contribution in [0.15, 0.2) is 23.1 Å². The molecule has 6 heteroatoms. The quantitative estimate of drug-likeness (QED) is 0.768. The van der Waals surface area contributed by atoms with Crippen LogP contribution in [0.3, 0.4) is 0 Å². The van der Waals surface area contributed by atoms with Gasteiger partial charge in [-0.3, -0.25) is 4.79 Å². The minimum atomic E-state index is -1.11. The van der Waals surface area contributed by atoms with Crippen molar-refractivity contribution in [2.45, 2.75) is 11.3 Å². The van der Waals surface area contributed by atoms with Crippen LogP contribution >= 0.6 is 11.8 Å². The maximum atomic E-state index is 13.2. The third kappa shape index (κ3) is 3.54. The average Bonchev–Trinajstić information content (AvgIpc) is 2.20. The van der Waals surface area contributed by atoms with Crippen LogP contribution in [-0.4, -0.2) is 22.7 Å². The molecule has 0 aliphatic heterocycles. The van der Waals surface area contributed by atoms with Crippen LogP contribution in [0.25, 0.3) is 0 Å². The summed E-state index contributed by atoms with van der Waals surface area (Å²) in [5, 5.41) is 8.71. The number of carboxylic acids is 1. The number of carbonyl (C=O) groups is 2. The van der Waals surface area contributed by atoms with Crippen molar-refractivity contribution in [2.24, 2.45) is 5.73 Å². The lowest BCUT2D eigenvalue weighted by molar-refractivity contribution is -0.117. The van der Waals surface area contributed by atoms with E-state index in [1.54, 1.807) is 0 Å². The van der Waals surface area contributed by atoms with E-state index in [1.165, 1.54) is 12.1 Å². The Hall–Kier alpha value is -1.56. The maximum Gasteiger partial charge on any atom is 0.335 e. The molecule has 4 nitrogen and oxygen atoms in total. The lowest BCUT2D eigenvalue weighted by atomic mass is 10.2. The predicted molar refractivity (Wildman–Crippen MR) is 57.9 cm³/mol. The molecular formula is C10H10FNO3S. The lowest BCUT2D eigenvalue weighted by Crippen LogP contribution is -2.10. The molecule has 0 saturated carbocycles. The van der Waals surface area contributed by atoms with Gasteiger partial charge in [-0.2, -0.15) is 0 Å². The average molecular weight is 243 g/mol. The Balaban J connectivity index is 2.74. The Kier molecular flexibility index (Phi) is 4.30. The molecule has 0 unspecified atom stereocenters. The minimum absolute atomic E-state index is 0.0166. The molecule has 16 heavy (non-hydrogen) atoms. The van der Waals surface area contributed by atoms with Gasteiger partial charge in [-0.25, -0.2) is 9.18 Å². The van der Waals surface area contributed by atoms with E-state index in [4.69, 9.17) is 10.8 Å². The summed E-state index contributed by atoms with van der Waals surface area (Å²) in [4.78, 5) is 21.3. The van der Waals surface area contributed by atoms with Gasteiger partial charge in [0, 0.05) is 17.1 Å². The van der Waals surface area contributed by atoms with Crippen LogP contribution in [-0.2, 0) is 4.79 Å². The number of aromatic carboxylic acids is 1. The van der Waals surface area contributed by atoms with E-state index in [2.05, 4.69) is 0 Å². The van der Waals surface area contributed by atoms with E-state index in [0.29, 0.717) is 5.75 Å². The van der Waals surface area contributed by atoms with Crippen molar-refractivity contribution < 1.29 is 19.1 Å². The zero-order chi connectivity index (χ0) is 12.1. The molecule has 0 aliphatic carbocycles. The molecule has 0 fully saturated rings. The van der Waals surface area contributed by atoms with E-state index >= 15 is 0 Å². The van der Waals surface area contributed by atoms with Crippen LogP contribution in [0, 0.1) is 5.82 Å². The van der Waals surface area contributed by atoms with E-state index in [0.717, 1.165) is 17.8 Å². The smallest absolute Gasteiger partial charge is 0.335 e. The Morgan fingerprint density at radius 3 is 2.69 bits per heavy atom. The second kappa shape index (κ2) is 5.50. The molecular weight excluding hydrogens is 233 g/mol. The number of hydrogen-bond acceptors (Lipinski definition) is 3. The summed E-state index contributed by atoms with van der Waals surface area (Å²) in [6.07, 6.45) is 0.126. The van der Waals surface area contributed by atoms with Crippen LogP contribution in [0.4, 0.5) is 4.39 Å². The zero-order valence-corrected chi connectivity index (χ0v) is 9.09. The molecule has 0 radical (unpaired) electrons. The van der Waals surface area contributed by atoms with Gasteiger partial charge in [-0.1, -0.05) is 0 Å².